The van der Waals surface area contributed by atoms with E-state index in [1.165, 1.54) is 11.3 Å². The van der Waals surface area contributed by atoms with Crippen LogP contribution in [0.1, 0.15) is 24.8 Å². The van der Waals surface area contributed by atoms with Crippen LogP contribution in [0.4, 0.5) is 5.69 Å². The molecule has 76 valence electrons. The maximum absolute atomic E-state index is 10.4. The topological polar surface area (TPSA) is 20.3 Å². The molecule has 1 aromatic carbocycles. The van der Waals surface area contributed by atoms with Gasteiger partial charge in [-0.2, -0.15) is 0 Å². The first-order chi connectivity index (χ1) is 6.65. The molecule has 0 heterocycles. The molecule has 2 nitrogen and oxygen atoms in total. The van der Waals surface area contributed by atoms with Gasteiger partial charge in [-0.15, -0.1) is 0 Å². The maximum Gasteiger partial charge on any atom is 0.120 e. The molecule has 1 unspecified atom stereocenters. The van der Waals surface area contributed by atoms with Gasteiger partial charge in [-0.05, 0) is 23.6 Å². The Morgan fingerprint density at radius 1 is 1.29 bits per heavy atom. The molecule has 0 aliphatic rings. The number of carbonyl (C=O) groups is 1. The fraction of sp³-hybridized carbons (Fsp3) is 0.417. The molecule has 0 radical (unpaired) electrons. The van der Waals surface area contributed by atoms with E-state index in [1.807, 2.05) is 14.1 Å². The zero-order chi connectivity index (χ0) is 10.6. The Bertz CT molecular complexity index is 290. The average Bonchev–Trinajstić information content (AvgIpc) is 2.18. The van der Waals surface area contributed by atoms with Gasteiger partial charge in [-0.3, -0.25) is 0 Å². The molecule has 0 saturated carbocycles. The van der Waals surface area contributed by atoms with E-state index < -0.39 is 0 Å². The SMILES string of the molecule is CC(CC=O)c1ccc(N(C)C)cc1. The monoisotopic (exact) mass is 191 g/mol. The first kappa shape index (κ1) is 10.8. The van der Waals surface area contributed by atoms with Crippen molar-refractivity contribution in [3.63, 3.8) is 0 Å². The molecule has 0 aromatic heterocycles. The molecule has 0 aliphatic carbocycles. The number of carbonyl (C=O) groups excluding carboxylic acids is 1. The number of nitrogens with zero attached hydrogens (tertiary/aromatic N) is 1. The van der Waals surface area contributed by atoms with Crippen molar-refractivity contribution in [2.24, 2.45) is 0 Å². The van der Waals surface area contributed by atoms with Gasteiger partial charge in [0.05, 0.1) is 0 Å². The smallest absolute Gasteiger partial charge is 0.120 e. The summed E-state index contributed by atoms with van der Waals surface area (Å²) in [5.41, 5.74) is 2.41. The van der Waals surface area contributed by atoms with Crippen LogP contribution in [0, 0.1) is 0 Å². The van der Waals surface area contributed by atoms with Crippen molar-refractivity contribution in [3.8, 4) is 0 Å². The molecular formula is C12H17NO. The molecule has 0 aliphatic heterocycles. The van der Waals surface area contributed by atoms with Gasteiger partial charge in [0.15, 0.2) is 0 Å². The number of aldehydes is 1. The van der Waals surface area contributed by atoms with E-state index in [1.54, 1.807) is 0 Å². The van der Waals surface area contributed by atoms with E-state index in [0.717, 1.165) is 6.29 Å². The summed E-state index contributed by atoms with van der Waals surface area (Å²) in [6, 6.07) is 8.33. The predicted molar refractivity (Wildman–Crippen MR) is 59.9 cm³/mol. The standard InChI is InChI=1S/C12H17NO/c1-10(8-9-14)11-4-6-12(7-5-11)13(2)3/h4-7,9-10H,8H2,1-3H3. The summed E-state index contributed by atoms with van der Waals surface area (Å²) in [7, 11) is 4.04. The van der Waals surface area contributed by atoms with Crippen molar-refractivity contribution >= 4 is 12.0 Å². The molecule has 1 rings (SSSR count). The second-order valence-electron chi connectivity index (χ2n) is 3.79. The minimum atomic E-state index is 0.323. The maximum atomic E-state index is 10.4. The zero-order valence-electron chi connectivity index (χ0n) is 9.03. The number of hydrogen-bond donors (Lipinski definition) is 0. The third kappa shape index (κ3) is 2.59. The molecule has 0 spiro atoms. The van der Waals surface area contributed by atoms with Crippen LogP contribution in [-0.2, 0) is 4.79 Å². The first-order valence-corrected chi connectivity index (χ1v) is 4.86. The van der Waals surface area contributed by atoms with Crippen LogP contribution in [0.2, 0.25) is 0 Å². The van der Waals surface area contributed by atoms with Crippen LogP contribution in [0.15, 0.2) is 24.3 Å². The third-order valence-electron chi connectivity index (χ3n) is 2.43. The van der Waals surface area contributed by atoms with Gasteiger partial charge in [0.25, 0.3) is 0 Å². The highest BCUT2D eigenvalue weighted by molar-refractivity contribution is 5.52. The summed E-state index contributed by atoms with van der Waals surface area (Å²) in [4.78, 5) is 12.4. The molecule has 0 saturated heterocycles. The Morgan fingerprint density at radius 3 is 2.29 bits per heavy atom. The lowest BCUT2D eigenvalue weighted by Gasteiger charge is -2.14. The molecule has 2 heteroatoms. The Balaban J connectivity index is 2.77. The number of benzene rings is 1. The van der Waals surface area contributed by atoms with Crippen molar-refractivity contribution in [2.45, 2.75) is 19.3 Å². The van der Waals surface area contributed by atoms with Gasteiger partial charge < -0.3 is 9.69 Å². The normalized spacial score (nSPS) is 12.2. The second-order valence-corrected chi connectivity index (χ2v) is 3.79. The number of anilines is 1. The lowest BCUT2D eigenvalue weighted by molar-refractivity contribution is -0.108. The largest absolute Gasteiger partial charge is 0.378 e. The third-order valence-corrected chi connectivity index (χ3v) is 2.43. The minimum Gasteiger partial charge on any atom is -0.378 e. The lowest BCUT2D eigenvalue weighted by atomic mass is 9.98. The van der Waals surface area contributed by atoms with Gasteiger partial charge in [-0.1, -0.05) is 19.1 Å². The number of rotatable bonds is 4. The molecule has 14 heavy (non-hydrogen) atoms. The van der Waals surface area contributed by atoms with Crippen molar-refractivity contribution in [2.75, 3.05) is 19.0 Å². The second kappa shape index (κ2) is 4.80. The van der Waals surface area contributed by atoms with Crippen LogP contribution in [-0.4, -0.2) is 20.4 Å². The Morgan fingerprint density at radius 2 is 1.86 bits per heavy atom. The number of hydrogen-bond acceptors (Lipinski definition) is 2. The van der Waals surface area contributed by atoms with E-state index >= 15 is 0 Å². The fourth-order valence-electron chi connectivity index (χ4n) is 1.38. The van der Waals surface area contributed by atoms with Gasteiger partial charge in [0, 0.05) is 26.2 Å². The van der Waals surface area contributed by atoms with E-state index in [-0.39, 0.29) is 0 Å². The Hall–Kier alpha value is -1.31. The first-order valence-electron chi connectivity index (χ1n) is 4.86. The van der Waals surface area contributed by atoms with Crippen molar-refractivity contribution in [1.82, 2.24) is 0 Å². The van der Waals surface area contributed by atoms with Gasteiger partial charge in [0.2, 0.25) is 0 Å². The van der Waals surface area contributed by atoms with E-state index in [2.05, 4.69) is 36.1 Å². The summed E-state index contributed by atoms with van der Waals surface area (Å²) in [6.07, 6.45) is 1.58. The van der Waals surface area contributed by atoms with Crippen LogP contribution < -0.4 is 4.90 Å². The molecule has 0 bridgehead atoms. The lowest BCUT2D eigenvalue weighted by Crippen LogP contribution is -2.08. The van der Waals surface area contributed by atoms with Crippen molar-refractivity contribution in [3.05, 3.63) is 29.8 Å². The molecule has 0 fully saturated rings. The molecule has 0 N–H and O–H groups in total. The Kier molecular flexibility index (Phi) is 3.69. The quantitative estimate of drug-likeness (QED) is 0.681. The summed E-state index contributed by atoms with van der Waals surface area (Å²) in [5.74, 6) is 0.323. The fourth-order valence-corrected chi connectivity index (χ4v) is 1.38. The minimum absolute atomic E-state index is 0.323. The average molecular weight is 191 g/mol. The van der Waals surface area contributed by atoms with Crippen LogP contribution in [0.3, 0.4) is 0 Å². The van der Waals surface area contributed by atoms with Crippen LogP contribution in [0.5, 0.6) is 0 Å². The molecule has 1 atom stereocenters. The van der Waals surface area contributed by atoms with E-state index in [9.17, 15) is 4.79 Å². The van der Waals surface area contributed by atoms with Gasteiger partial charge in [-0.25, -0.2) is 0 Å². The van der Waals surface area contributed by atoms with Crippen molar-refractivity contribution in [1.29, 1.82) is 0 Å². The van der Waals surface area contributed by atoms with E-state index in [0.29, 0.717) is 12.3 Å². The van der Waals surface area contributed by atoms with E-state index in [4.69, 9.17) is 0 Å². The summed E-state index contributed by atoms with van der Waals surface area (Å²) < 4.78 is 0. The summed E-state index contributed by atoms with van der Waals surface area (Å²) in [5, 5.41) is 0. The highest BCUT2D eigenvalue weighted by atomic mass is 16.1. The highest BCUT2D eigenvalue weighted by Crippen LogP contribution is 2.20. The highest BCUT2D eigenvalue weighted by Gasteiger charge is 2.04. The summed E-state index contributed by atoms with van der Waals surface area (Å²) >= 11 is 0. The molecule has 1 aromatic rings. The van der Waals surface area contributed by atoms with Gasteiger partial charge in [0.1, 0.15) is 6.29 Å². The summed E-state index contributed by atoms with van der Waals surface area (Å²) in [6.45, 7) is 2.07. The van der Waals surface area contributed by atoms with Crippen LogP contribution in [0.25, 0.3) is 0 Å². The molecule has 0 amide bonds. The zero-order valence-corrected chi connectivity index (χ0v) is 9.03. The van der Waals surface area contributed by atoms with Crippen LogP contribution >= 0.6 is 0 Å². The molecular weight excluding hydrogens is 174 g/mol. The predicted octanol–water partition coefficient (Wildman–Crippen LogP) is 2.45. The van der Waals surface area contributed by atoms with Gasteiger partial charge >= 0.3 is 0 Å². The van der Waals surface area contributed by atoms with Crippen molar-refractivity contribution < 1.29 is 4.79 Å². The Labute approximate surface area is 85.5 Å².